The van der Waals surface area contributed by atoms with Crippen molar-refractivity contribution in [1.82, 2.24) is 10.2 Å². The largest absolute Gasteiger partial charge is 0.353 e. The Labute approximate surface area is 122 Å². The number of hydrogen-bond donors (Lipinski definition) is 1. The highest BCUT2D eigenvalue weighted by molar-refractivity contribution is 7.09. The number of amides is 3. The summed E-state index contributed by atoms with van der Waals surface area (Å²) in [6.07, 6.45) is 1.52. The van der Waals surface area contributed by atoms with Crippen LogP contribution in [0.4, 0.5) is 0 Å². The van der Waals surface area contributed by atoms with Crippen molar-refractivity contribution in [2.75, 3.05) is 6.54 Å². The fourth-order valence-corrected chi connectivity index (χ4v) is 3.05. The third kappa shape index (κ3) is 3.90. The first-order valence-corrected chi connectivity index (χ1v) is 7.59. The summed E-state index contributed by atoms with van der Waals surface area (Å²) in [5, 5.41) is 4.90. The monoisotopic (exact) mass is 294 g/mol. The first-order valence-electron chi connectivity index (χ1n) is 6.71. The lowest BCUT2D eigenvalue weighted by molar-refractivity contribution is -0.138. The number of nitrogens with zero attached hydrogens (tertiary/aromatic N) is 1. The predicted molar refractivity (Wildman–Crippen MR) is 76.2 cm³/mol. The van der Waals surface area contributed by atoms with Crippen molar-refractivity contribution in [3.63, 3.8) is 0 Å². The molecule has 2 rings (SSSR count). The molecular weight excluding hydrogens is 276 g/mol. The van der Waals surface area contributed by atoms with Crippen LogP contribution in [0.3, 0.4) is 0 Å². The molecule has 108 valence electrons. The van der Waals surface area contributed by atoms with E-state index in [9.17, 15) is 14.4 Å². The van der Waals surface area contributed by atoms with E-state index in [1.54, 1.807) is 11.3 Å². The molecule has 1 fully saturated rings. The van der Waals surface area contributed by atoms with Gasteiger partial charge in [0.15, 0.2) is 0 Å². The lowest BCUT2D eigenvalue weighted by Gasteiger charge is -2.16. The van der Waals surface area contributed by atoms with Crippen molar-refractivity contribution in [3.8, 4) is 0 Å². The van der Waals surface area contributed by atoms with Crippen molar-refractivity contribution in [2.45, 2.75) is 38.6 Å². The smallest absolute Gasteiger partial charge is 0.229 e. The maximum absolute atomic E-state index is 11.8. The van der Waals surface area contributed by atoms with E-state index in [4.69, 9.17) is 0 Å². The fourth-order valence-electron chi connectivity index (χ4n) is 2.21. The fraction of sp³-hybridized carbons (Fsp3) is 0.500. The molecule has 2 heterocycles. The number of carbonyl (C=O) groups is 3. The zero-order valence-corrected chi connectivity index (χ0v) is 12.2. The lowest BCUT2D eigenvalue weighted by Crippen LogP contribution is -2.37. The van der Waals surface area contributed by atoms with Crippen molar-refractivity contribution >= 4 is 29.1 Å². The minimum Gasteiger partial charge on any atom is -0.353 e. The van der Waals surface area contributed by atoms with E-state index in [1.165, 1.54) is 9.78 Å². The van der Waals surface area contributed by atoms with E-state index in [1.807, 2.05) is 24.4 Å². The van der Waals surface area contributed by atoms with E-state index < -0.39 is 0 Å². The summed E-state index contributed by atoms with van der Waals surface area (Å²) < 4.78 is 0. The van der Waals surface area contributed by atoms with E-state index in [0.29, 0.717) is 0 Å². The van der Waals surface area contributed by atoms with Gasteiger partial charge in [0.25, 0.3) is 0 Å². The molecule has 5 nitrogen and oxygen atoms in total. The molecule has 0 aromatic carbocycles. The summed E-state index contributed by atoms with van der Waals surface area (Å²) >= 11 is 1.66. The maximum atomic E-state index is 11.8. The zero-order chi connectivity index (χ0) is 14.5. The highest BCUT2D eigenvalue weighted by atomic mass is 32.1. The van der Waals surface area contributed by atoms with Gasteiger partial charge in [0, 0.05) is 43.1 Å². The topological polar surface area (TPSA) is 66.5 Å². The molecule has 0 spiro atoms. The molecule has 0 radical (unpaired) electrons. The minimum atomic E-state index is -0.172. The predicted octanol–water partition coefficient (Wildman–Crippen LogP) is 1.33. The average Bonchev–Trinajstić information content (AvgIpc) is 2.98. The number of likely N-dealkylation sites (tertiary alicyclic amines) is 1. The molecule has 1 aromatic heterocycles. The van der Waals surface area contributed by atoms with Gasteiger partial charge in [0.1, 0.15) is 0 Å². The van der Waals surface area contributed by atoms with E-state index in [-0.39, 0.29) is 49.6 Å². The second kappa shape index (κ2) is 6.65. The van der Waals surface area contributed by atoms with Crippen LogP contribution in [0.15, 0.2) is 17.5 Å². The Bertz CT molecular complexity index is 483. The summed E-state index contributed by atoms with van der Waals surface area (Å²) in [4.78, 5) is 37.0. The summed E-state index contributed by atoms with van der Waals surface area (Å²) in [6, 6.07) is 4.07. The van der Waals surface area contributed by atoms with Crippen LogP contribution in [0.2, 0.25) is 0 Å². The molecule has 0 bridgehead atoms. The van der Waals surface area contributed by atoms with Gasteiger partial charge in [-0.15, -0.1) is 11.3 Å². The molecule has 1 atom stereocenters. The van der Waals surface area contributed by atoms with Gasteiger partial charge >= 0.3 is 0 Å². The summed E-state index contributed by atoms with van der Waals surface area (Å²) in [7, 11) is 0. The van der Waals surface area contributed by atoms with Gasteiger partial charge in [-0.3, -0.25) is 19.3 Å². The molecule has 20 heavy (non-hydrogen) atoms. The standard InChI is InChI=1S/C14H18N2O3S/c1-10(9-11-3-2-8-20-11)15-12(17)6-7-16-13(18)4-5-14(16)19/h2-3,8,10H,4-7,9H2,1H3,(H,15,17). The summed E-state index contributed by atoms with van der Waals surface area (Å²) in [6.45, 7) is 2.14. The van der Waals surface area contributed by atoms with Crippen LogP contribution in [0.25, 0.3) is 0 Å². The first-order chi connectivity index (χ1) is 9.56. The quantitative estimate of drug-likeness (QED) is 0.805. The van der Waals surface area contributed by atoms with Crippen molar-refractivity contribution in [2.24, 2.45) is 0 Å². The molecule has 1 aliphatic rings. The molecule has 1 N–H and O–H groups in total. The lowest BCUT2D eigenvalue weighted by atomic mass is 10.2. The Morgan fingerprint density at radius 2 is 2.10 bits per heavy atom. The Kier molecular flexibility index (Phi) is 4.89. The third-order valence-electron chi connectivity index (χ3n) is 3.21. The van der Waals surface area contributed by atoms with E-state index in [0.717, 1.165) is 6.42 Å². The molecule has 1 aliphatic heterocycles. The third-order valence-corrected chi connectivity index (χ3v) is 4.11. The van der Waals surface area contributed by atoms with Gasteiger partial charge in [-0.05, 0) is 18.4 Å². The van der Waals surface area contributed by atoms with Crippen LogP contribution in [-0.4, -0.2) is 35.2 Å². The molecule has 1 aromatic rings. The molecule has 6 heteroatoms. The highest BCUT2D eigenvalue weighted by Crippen LogP contribution is 2.12. The number of hydrogen-bond acceptors (Lipinski definition) is 4. The molecule has 3 amide bonds. The van der Waals surface area contributed by atoms with Crippen LogP contribution >= 0.6 is 11.3 Å². The first kappa shape index (κ1) is 14.7. The second-order valence-electron chi connectivity index (χ2n) is 4.94. The van der Waals surface area contributed by atoms with Crippen LogP contribution in [-0.2, 0) is 20.8 Å². The van der Waals surface area contributed by atoms with Gasteiger partial charge in [-0.1, -0.05) is 6.07 Å². The second-order valence-corrected chi connectivity index (χ2v) is 5.97. The van der Waals surface area contributed by atoms with Crippen LogP contribution < -0.4 is 5.32 Å². The summed E-state index contributed by atoms with van der Waals surface area (Å²) in [5.41, 5.74) is 0. The number of thiophene rings is 1. The number of imide groups is 1. The number of rotatable bonds is 6. The zero-order valence-electron chi connectivity index (χ0n) is 11.4. The van der Waals surface area contributed by atoms with Crippen molar-refractivity contribution in [1.29, 1.82) is 0 Å². The minimum absolute atomic E-state index is 0.0473. The Balaban J connectivity index is 1.72. The van der Waals surface area contributed by atoms with E-state index >= 15 is 0 Å². The van der Waals surface area contributed by atoms with E-state index in [2.05, 4.69) is 5.32 Å². The normalized spacial score (nSPS) is 16.6. The van der Waals surface area contributed by atoms with Gasteiger partial charge in [0.2, 0.25) is 17.7 Å². The Morgan fingerprint density at radius 3 is 2.70 bits per heavy atom. The van der Waals surface area contributed by atoms with Crippen molar-refractivity contribution < 1.29 is 14.4 Å². The van der Waals surface area contributed by atoms with Crippen LogP contribution in [0.1, 0.15) is 31.1 Å². The molecule has 0 saturated carbocycles. The van der Waals surface area contributed by atoms with Gasteiger partial charge in [-0.2, -0.15) is 0 Å². The SMILES string of the molecule is CC(Cc1cccs1)NC(=O)CCN1C(=O)CCC1=O. The number of nitrogens with one attached hydrogen (secondary N) is 1. The summed E-state index contributed by atoms with van der Waals surface area (Å²) in [5.74, 6) is -0.467. The van der Waals surface area contributed by atoms with Gasteiger partial charge < -0.3 is 5.32 Å². The van der Waals surface area contributed by atoms with Crippen molar-refractivity contribution in [3.05, 3.63) is 22.4 Å². The molecule has 0 aliphatic carbocycles. The van der Waals surface area contributed by atoms with Gasteiger partial charge in [-0.25, -0.2) is 0 Å². The molecule has 1 unspecified atom stereocenters. The van der Waals surface area contributed by atoms with Crippen LogP contribution in [0.5, 0.6) is 0 Å². The molecular formula is C14H18N2O3S. The Morgan fingerprint density at radius 1 is 1.40 bits per heavy atom. The highest BCUT2D eigenvalue weighted by Gasteiger charge is 2.28. The average molecular weight is 294 g/mol. The number of carbonyl (C=O) groups excluding carboxylic acids is 3. The molecule has 1 saturated heterocycles. The maximum Gasteiger partial charge on any atom is 0.229 e. The van der Waals surface area contributed by atoms with Gasteiger partial charge in [0.05, 0.1) is 0 Å². The van der Waals surface area contributed by atoms with Crippen LogP contribution in [0, 0.1) is 0 Å². The Hall–Kier alpha value is -1.69.